The highest BCUT2D eigenvalue weighted by Crippen LogP contribution is 2.27. The van der Waals surface area contributed by atoms with Crippen LogP contribution in [0.25, 0.3) is 0 Å². The lowest BCUT2D eigenvalue weighted by molar-refractivity contribution is 0.498. The summed E-state index contributed by atoms with van der Waals surface area (Å²) in [6, 6.07) is 11.1. The van der Waals surface area contributed by atoms with Crippen LogP contribution in [0, 0.1) is 0 Å². The van der Waals surface area contributed by atoms with Crippen LogP contribution in [0.2, 0.25) is 0 Å². The number of rotatable bonds is 8. The molecule has 6 nitrogen and oxygen atoms in total. The molecule has 0 atom stereocenters. The van der Waals surface area contributed by atoms with Crippen LogP contribution in [-0.2, 0) is 21.8 Å². The van der Waals surface area contributed by atoms with E-state index in [1.165, 1.54) is 16.8 Å². The maximum atomic E-state index is 12.3. The van der Waals surface area contributed by atoms with Crippen LogP contribution < -0.4 is 11.2 Å². The molecule has 136 valence electrons. The molecule has 1 heterocycles. The second kappa shape index (κ2) is 7.82. The van der Waals surface area contributed by atoms with Gasteiger partial charge in [-0.15, -0.1) is 0 Å². The molecule has 1 N–H and O–H groups in total. The van der Waals surface area contributed by atoms with Gasteiger partial charge in [-0.25, -0.2) is 13.2 Å². The second-order valence-electron chi connectivity index (χ2n) is 6.81. The Labute approximate surface area is 147 Å². The fraction of sp³-hybridized carbons (Fsp3) is 0.444. The van der Waals surface area contributed by atoms with Crippen molar-refractivity contribution < 1.29 is 8.42 Å². The molecule has 0 bridgehead atoms. The van der Waals surface area contributed by atoms with Crippen molar-refractivity contribution in [3.8, 4) is 0 Å². The summed E-state index contributed by atoms with van der Waals surface area (Å²) >= 11 is 0. The Hall–Kier alpha value is -2.15. The van der Waals surface area contributed by atoms with Crippen molar-refractivity contribution in [2.75, 3.05) is 11.5 Å². The highest BCUT2D eigenvalue weighted by Gasteiger charge is 2.23. The van der Waals surface area contributed by atoms with Crippen molar-refractivity contribution in [1.82, 2.24) is 9.55 Å². The first-order valence-electron chi connectivity index (χ1n) is 8.25. The number of nitrogens with zero attached hydrogens (tertiary/aromatic N) is 1. The molecule has 0 saturated heterocycles. The molecule has 0 spiro atoms. The Bertz CT molecular complexity index is 912. The Morgan fingerprint density at radius 1 is 1.04 bits per heavy atom. The van der Waals surface area contributed by atoms with Crippen LogP contribution in [-0.4, -0.2) is 29.5 Å². The molecule has 1 aromatic carbocycles. The summed E-state index contributed by atoms with van der Waals surface area (Å²) in [6.07, 6.45) is 2.25. The van der Waals surface area contributed by atoms with E-state index in [1.807, 2.05) is 44.2 Å². The van der Waals surface area contributed by atoms with Crippen molar-refractivity contribution in [2.24, 2.45) is 0 Å². The van der Waals surface area contributed by atoms with Crippen molar-refractivity contribution in [2.45, 2.75) is 38.6 Å². The lowest BCUT2D eigenvalue weighted by Gasteiger charge is -2.25. The zero-order chi connectivity index (χ0) is 18.5. The van der Waals surface area contributed by atoms with Crippen molar-refractivity contribution in [1.29, 1.82) is 0 Å². The van der Waals surface area contributed by atoms with E-state index in [0.717, 1.165) is 5.56 Å². The molecule has 2 aromatic rings. The van der Waals surface area contributed by atoms with Gasteiger partial charge in [0, 0.05) is 18.8 Å². The number of benzene rings is 1. The molecule has 1 aromatic heterocycles. The van der Waals surface area contributed by atoms with Gasteiger partial charge in [0.1, 0.15) is 9.84 Å². The minimum absolute atomic E-state index is 0.0173. The first kappa shape index (κ1) is 19.2. The highest BCUT2D eigenvalue weighted by molar-refractivity contribution is 7.91. The quantitative estimate of drug-likeness (QED) is 0.772. The molecule has 0 aliphatic carbocycles. The SMILES string of the molecule is CC(C)(CCS(=O)(=O)CCCn1ccc(=O)[nH]c1=O)c1ccccc1. The van der Waals surface area contributed by atoms with Crippen molar-refractivity contribution in [3.63, 3.8) is 0 Å². The average Bonchev–Trinajstić information content (AvgIpc) is 2.56. The zero-order valence-electron chi connectivity index (χ0n) is 14.6. The number of sulfone groups is 1. The summed E-state index contributed by atoms with van der Waals surface area (Å²) in [5.74, 6) is 0.124. The molecule has 25 heavy (non-hydrogen) atoms. The summed E-state index contributed by atoms with van der Waals surface area (Å²) < 4.78 is 25.9. The van der Waals surface area contributed by atoms with Gasteiger partial charge in [-0.1, -0.05) is 44.2 Å². The molecule has 0 aliphatic rings. The lowest BCUT2D eigenvalue weighted by atomic mass is 9.82. The maximum Gasteiger partial charge on any atom is 0.328 e. The van der Waals surface area contributed by atoms with Gasteiger partial charge in [-0.2, -0.15) is 0 Å². The first-order valence-corrected chi connectivity index (χ1v) is 10.1. The normalized spacial score (nSPS) is 12.2. The van der Waals surface area contributed by atoms with Crippen LogP contribution in [0.5, 0.6) is 0 Å². The van der Waals surface area contributed by atoms with E-state index in [4.69, 9.17) is 0 Å². The van der Waals surface area contributed by atoms with Crippen LogP contribution >= 0.6 is 0 Å². The van der Waals surface area contributed by atoms with E-state index in [9.17, 15) is 18.0 Å². The van der Waals surface area contributed by atoms with Gasteiger partial charge in [-0.3, -0.25) is 9.78 Å². The lowest BCUT2D eigenvalue weighted by Crippen LogP contribution is -2.29. The number of aryl methyl sites for hydroxylation is 1. The van der Waals surface area contributed by atoms with Gasteiger partial charge >= 0.3 is 5.69 Å². The van der Waals surface area contributed by atoms with Crippen molar-refractivity contribution >= 4 is 9.84 Å². The smallest absolute Gasteiger partial charge is 0.301 e. The summed E-state index contributed by atoms with van der Waals surface area (Å²) in [5, 5.41) is 0. The molecule has 0 fully saturated rings. The highest BCUT2D eigenvalue weighted by atomic mass is 32.2. The predicted molar refractivity (Wildman–Crippen MR) is 98.7 cm³/mol. The van der Waals surface area contributed by atoms with Crippen molar-refractivity contribution in [3.05, 3.63) is 69.0 Å². The Balaban J connectivity index is 1.89. The summed E-state index contributed by atoms with van der Waals surface area (Å²) in [5.41, 5.74) is -0.0819. The average molecular weight is 364 g/mol. The molecule has 0 unspecified atom stereocenters. The molecule has 0 radical (unpaired) electrons. The Morgan fingerprint density at radius 2 is 1.72 bits per heavy atom. The van der Waals surface area contributed by atoms with Gasteiger partial charge in [0.2, 0.25) is 0 Å². The summed E-state index contributed by atoms with van der Waals surface area (Å²) in [4.78, 5) is 24.7. The maximum absolute atomic E-state index is 12.3. The monoisotopic (exact) mass is 364 g/mol. The number of aromatic nitrogens is 2. The van der Waals surface area contributed by atoms with E-state index < -0.39 is 21.1 Å². The predicted octanol–water partition coefficient (Wildman–Crippen LogP) is 1.71. The summed E-state index contributed by atoms with van der Waals surface area (Å²) in [7, 11) is -3.20. The molecule has 0 saturated carbocycles. The minimum Gasteiger partial charge on any atom is -0.301 e. The molecule has 0 amide bonds. The van der Waals surface area contributed by atoms with Gasteiger partial charge in [0.05, 0.1) is 11.5 Å². The third kappa shape index (κ3) is 5.70. The Kier molecular flexibility index (Phi) is 6.00. The fourth-order valence-electron chi connectivity index (χ4n) is 2.62. The Morgan fingerprint density at radius 3 is 2.36 bits per heavy atom. The number of aromatic amines is 1. The van der Waals surface area contributed by atoms with Crippen LogP contribution in [0.4, 0.5) is 0 Å². The minimum atomic E-state index is -3.20. The van der Waals surface area contributed by atoms with Gasteiger partial charge in [0.15, 0.2) is 0 Å². The number of hydrogen-bond acceptors (Lipinski definition) is 4. The van der Waals surface area contributed by atoms with Crippen LogP contribution in [0.15, 0.2) is 52.2 Å². The molecular weight excluding hydrogens is 340 g/mol. The fourth-order valence-corrected chi connectivity index (χ4v) is 4.22. The number of nitrogens with one attached hydrogen (secondary N) is 1. The number of hydrogen-bond donors (Lipinski definition) is 1. The third-order valence-electron chi connectivity index (χ3n) is 4.34. The topological polar surface area (TPSA) is 89.0 Å². The largest absolute Gasteiger partial charge is 0.328 e. The molecule has 7 heteroatoms. The summed E-state index contributed by atoms with van der Waals surface area (Å²) in [6.45, 7) is 4.34. The standard InChI is InChI=1S/C18H24N2O4S/c1-18(2,15-7-4-3-5-8-15)10-14-25(23,24)13-6-11-20-12-9-16(21)19-17(20)22/h3-5,7-9,12H,6,10-11,13-14H2,1-2H3,(H,19,21,22). The van der Waals surface area contributed by atoms with E-state index in [1.54, 1.807) is 0 Å². The van der Waals surface area contributed by atoms with E-state index >= 15 is 0 Å². The third-order valence-corrected chi connectivity index (χ3v) is 6.08. The molecule has 0 aliphatic heterocycles. The zero-order valence-corrected chi connectivity index (χ0v) is 15.4. The van der Waals surface area contributed by atoms with Gasteiger partial charge in [-0.05, 0) is 23.8 Å². The van der Waals surface area contributed by atoms with E-state index in [0.29, 0.717) is 12.8 Å². The van der Waals surface area contributed by atoms with Crippen LogP contribution in [0.1, 0.15) is 32.3 Å². The van der Waals surface area contributed by atoms with Gasteiger partial charge in [0.25, 0.3) is 5.56 Å². The first-order chi connectivity index (χ1) is 11.7. The van der Waals surface area contributed by atoms with E-state index in [2.05, 4.69) is 4.98 Å². The second-order valence-corrected chi connectivity index (χ2v) is 9.11. The van der Waals surface area contributed by atoms with Crippen LogP contribution in [0.3, 0.4) is 0 Å². The molecule has 2 rings (SSSR count). The molecular formula is C18H24N2O4S. The number of H-pyrrole nitrogens is 1. The van der Waals surface area contributed by atoms with E-state index in [-0.39, 0.29) is 23.5 Å². The van der Waals surface area contributed by atoms with Gasteiger partial charge < -0.3 is 4.57 Å².